The van der Waals surface area contributed by atoms with E-state index < -0.39 is 0 Å². The van der Waals surface area contributed by atoms with Gasteiger partial charge in [0.25, 0.3) is 5.91 Å². The number of amides is 2. The topological polar surface area (TPSA) is 78.7 Å². The molecule has 7 heteroatoms. The number of furan rings is 1. The lowest BCUT2D eigenvalue weighted by Gasteiger charge is -2.35. The minimum absolute atomic E-state index is 0.0319. The first kappa shape index (κ1) is 18.9. The number of nitrogens with one attached hydrogen (secondary N) is 1. The Labute approximate surface area is 159 Å². The zero-order valence-corrected chi connectivity index (χ0v) is 15.9. The quantitative estimate of drug-likeness (QED) is 0.846. The summed E-state index contributed by atoms with van der Waals surface area (Å²) in [6.07, 6.45) is 4.86. The molecule has 0 radical (unpaired) electrons. The molecule has 1 N–H and O–H groups in total. The van der Waals surface area contributed by atoms with Crippen molar-refractivity contribution in [1.29, 1.82) is 0 Å². The summed E-state index contributed by atoms with van der Waals surface area (Å²) < 4.78 is 5.19. The number of aromatic nitrogens is 1. The highest BCUT2D eigenvalue weighted by Crippen LogP contribution is 2.18. The first-order valence-corrected chi connectivity index (χ1v) is 9.47. The summed E-state index contributed by atoms with van der Waals surface area (Å²) >= 11 is 0. The molecule has 1 saturated heterocycles. The van der Waals surface area contributed by atoms with E-state index >= 15 is 0 Å². The molecular formula is C20H26N4O3. The Morgan fingerprint density at radius 1 is 1.15 bits per heavy atom. The molecule has 2 amide bonds. The number of carbonyl (C=O) groups excluding carboxylic acids is 2. The Kier molecular flexibility index (Phi) is 6.11. The van der Waals surface area contributed by atoms with Gasteiger partial charge in [-0.1, -0.05) is 13.8 Å². The van der Waals surface area contributed by atoms with E-state index in [0.29, 0.717) is 37.6 Å². The van der Waals surface area contributed by atoms with Crippen LogP contribution in [0.25, 0.3) is 0 Å². The van der Waals surface area contributed by atoms with Crippen molar-refractivity contribution < 1.29 is 14.0 Å². The Balaban J connectivity index is 1.54. The van der Waals surface area contributed by atoms with Crippen LogP contribution in [-0.2, 0) is 4.79 Å². The average Bonchev–Trinajstić information content (AvgIpc) is 3.24. The van der Waals surface area contributed by atoms with E-state index in [1.165, 1.54) is 6.26 Å². The lowest BCUT2D eigenvalue weighted by molar-refractivity contribution is -0.120. The van der Waals surface area contributed by atoms with Crippen molar-refractivity contribution in [3.8, 4) is 0 Å². The molecule has 0 spiro atoms. The molecule has 0 atom stereocenters. The predicted octanol–water partition coefficient (Wildman–Crippen LogP) is 3.01. The highest BCUT2D eigenvalue weighted by atomic mass is 16.3. The third-order valence-electron chi connectivity index (χ3n) is 4.99. The first-order chi connectivity index (χ1) is 13.1. The van der Waals surface area contributed by atoms with Crippen molar-refractivity contribution >= 4 is 23.3 Å². The van der Waals surface area contributed by atoms with Crippen LogP contribution in [-0.4, -0.2) is 47.9 Å². The minimum atomic E-state index is -0.0768. The second-order valence-electron chi connectivity index (χ2n) is 6.66. The monoisotopic (exact) mass is 370 g/mol. The lowest BCUT2D eigenvalue weighted by Crippen LogP contribution is -2.49. The fourth-order valence-electron chi connectivity index (χ4n) is 3.25. The minimum Gasteiger partial charge on any atom is -0.459 e. The number of rotatable bonds is 6. The van der Waals surface area contributed by atoms with Crippen LogP contribution in [0.1, 0.15) is 37.2 Å². The van der Waals surface area contributed by atoms with Gasteiger partial charge in [0.15, 0.2) is 5.76 Å². The highest BCUT2D eigenvalue weighted by Gasteiger charge is 2.24. The van der Waals surface area contributed by atoms with E-state index in [1.54, 1.807) is 23.2 Å². The Hall–Kier alpha value is -2.83. The number of anilines is 2. The summed E-state index contributed by atoms with van der Waals surface area (Å²) in [6, 6.07) is 7.19. The van der Waals surface area contributed by atoms with Gasteiger partial charge in [0, 0.05) is 32.1 Å². The Morgan fingerprint density at radius 2 is 1.89 bits per heavy atom. The Bertz CT molecular complexity index is 746. The summed E-state index contributed by atoms with van der Waals surface area (Å²) in [6.45, 7) is 6.69. The van der Waals surface area contributed by atoms with Crippen LogP contribution in [0, 0.1) is 5.92 Å². The van der Waals surface area contributed by atoms with Crippen LogP contribution in [0.15, 0.2) is 41.1 Å². The van der Waals surface area contributed by atoms with Crippen LogP contribution in [0.2, 0.25) is 0 Å². The van der Waals surface area contributed by atoms with Gasteiger partial charge >= 0.3 is 0 Å². The smallest absolute Gasteiger partial charge is 0.289 e. The molecule has 27 heavy (non-hydrogen) atoms. The van der Waals surface area contributed by atoms with E-state index in [1.807, 2.05) is 26.0 Å². The zero-order chi connectivity index (χ0) is 19.2. The fraction of sp³-hybridized carbons (Fsp3) is 0.450. The van der Waals surface area contributed by atoms with Gasteiger partial charge < -0.3 is 19.5 Å². The van der Waals surface area contributed by atoms with Crippen molar-refractivity contribution in [2.24, 2.45) is 5.92 Å². The third kappa shape index (κ3) is 4.48. The van der Waals surface area contributed by atoms with Crippen molar-refractivity contribution in [3.05, 3.63) is 42.5 Å². The third-order valence-corrected chi connectivity index (χ3v) is 4.99. The molecule has 0 unspecified atom stereocenters. The van der Waals surface area contributed by atoms with Crippen LogP contribution >= 0.6 is 0 Å². The van der Waals surface area contributed by atoms with Gasteiger partial charge in [-0.25, -0.2) is 4.98 Å². The molecule has 0 bridgehead atoms. The summed E-state index contributed by atoms with van der Waals surface area (Å²) in [5.74, 6) is 1.22. The Morgan fingerprint density at radius 3 is 2.44 bits per heavy atom. The number of piperazine rings is 1. The molecular weight excluding hydrogens is 344 g/mol. The maximum atomic E-state index is 12.3. The largest absolute Gasteiger partial charge is 0.459 e. The van der Waals surface area contributed by atoms with Gasteiger partial charge in [-0.05, 0) is 37.1 Å². The van der Waals surface area contributed by atoms with E-state index in [-0.39, 0.29) is 17.7 Å². The van der Waals surface area contributed by atoms with Crippen molar-refractivity contribution in [1.82, 2.24) is 9.88 Å². The number of carbonyl (C=O) groups is 2. The van der Waals surface area contributed by atoms with Gasteiger partial charge in [0.1, 0.15) is 5.82 Å². The maximum Gasteiger partial charge on any atom is 0.289 e. The van der Waals surface area contributed by atoms with Crippen LogP contribution < -0.4 is 10.2 Å². The lowest BCUT2D eigenvalue weighted by atomic mass is 10.0. The molecule has 0 aromatic carbocycles. The van der Waals surface area contributed by atoms with Gasteiger partial charge in [0.05, 0.1) is 18.1 Å². The van der Waals surface area contributed by atoms with Crippen LogP contribution in [0.5, 0.6) is 0 Å². The zero-order valence-electron chi connectivity index (χ0n) is 15.9. The van der Waals surface area contributed by atoms with Crippen LogP contribution in [0.4, 0.5) is 11.5 Å². The molecule has 144 valence electrons. The second-order valence-corrected chi connectivity index (χ2v) is 6.66. The van der Waals surface area contributed by atoms with E-state index in [4.69, 9.17) is 4.42 Å². The average molecular weight is 370 g/mol. The molecule has 3 heterocycles. The van der Waals surface area contributed by atoms with E-state index in [9.17, 15) is 9.59 Å². The summed E-state index contributed by atoms with van der Waals surface area (Å²) in [5.41, 5.74) is 0.710. The molecule has 3 rings (SSSR count). The molecule has 2 aromatic heterocycles. The van der Waals surface area contributed by atoms with Crippen molar-refractivity contribution in [2.75, 3.05) is 36.4 Å². The summed E-state index contributed by atoms with van der Waals surface area (Å²) in [4.78, 5) is 32.9. The first-order valence-electron chi connectivity index (χ1n) is 9.47. The van der Waals surface area contributed by atoms with Gasteiger partial charge in [-0.2, -0.15) is 0 Å². The molecule has 1 fully saturated rings. The van der Waals surface area contributed by atoms with E-state index in [2.05, 4.69) is 15.2 Å². The van der Waals surface area contributed by atoms with Crippen LogP contribution in [0.3, 0.4) is 0 Å². The number of hydrogen-bond donors (Lipinski definition) is 1. The molecule has 2 aromatic rings. The van der Waals surface area contributed by atoms with E-state index in [0.717, 1.165) is 18.7 Å². The predicted molar refractivity (Wildman–Crippen MR) is 104 cm³/mol. The highest BCUT2D eigenvalue weighted by molar-refractivity contribution is 5.92. The molecule has 1 aliphatic heterocycles. The SMILES string of the molecule is CCC(CC)C(=O)Nc1ccc(N2CCN(C(=O)c3ccco3)CC2)nc1. The second kappa shape index (κ2) is 8.70. The fourth-order valence-corrected chi connectivity index (χ4v) is 3.25. The number of pyridine rings is 1. The summed E-state index contributed by atoms with van der Waals surface area (Å²) in [7, 11) is 0. The molecule has 0 aliphatic carbocycles. The summed E-state index contributed by atoms with van der Waals surface area (Å²) in [5, 5.41) is 2.93. The van der Waals surface area contributed by atoms with Crippen molar-refractivity contribution in [3.63, 3.8) is 0 Å². The molecule has 1 aliphatic rings. The number of hydrogen-bond acceptors (Lipinski definition) is 5. The van der Waals surface area contributed by atoms with Gasteiger partial charge in [-0.3, -0.25) is 9.59 Å². The number of nitrogens with zero attached hydrogens (tertiary/aromatic N) is 3. The molecule has 0 saturated carbocycles. The van der Waals surface area contributed by atoms with Gasteiger partial charge in [0.2, 0.25) is 5.91 Å². The normalized spacial score (nSPS) is 14.5. The van der Waals surface area contributed by atoms with Gasteiger partial charge in [-0.15, -0.1) is 0 Å². The standard InChI is InChI=1S/C20H26N4O3/c1-3-15(4-2)19(25)22-16-7-8-18(21-14-16)23-9-11-24(12-10-23)20(26)17-6-5-13-27-17/h5-8,13-15H,3-4,9-12H2,1-2H3,(H,22,25). The maximum absolute atomic E-state index is 12.3. The molecule has 7 nitrogen and oxygen atoms in total. The van der Waals surface area contributed by atoms with Crippen molar-refractivity contribution in [2.45, 2.75) is 26.7 Å².